The second kappa shape index (κ2) is 6.77. The van der Waals surface area contributed by atoms with E-state index in [9.17, 15) is 14.4 Å². The van der Waals surface area contributed by atoms with Gasteiger partial charge in [0, 0.05) is 19.1 Å². The van der Waals surface area contributed by atoms with Crippen LogP contribution in [0.1, 0.15) is 46.7 Å². The molecule has 1 fully saturated rings. The van der Waals surface area contributed by atoms with Crippen molar-refractivity contribution < 1.29 is 18.4 Å². The first-order chi connectivity index (χ1) is 11.5. The average molecular weight is 333 g/mol. The van der Waals surface area contributed by atoms with Crippen molar-refractivity contribution in [2.45, 2.75) is 37.8 Å². The summed E-state index contributed by atoms with van der Waals surface area (Å²) in [5.74, 6) is -0.836. The predicted molar refractivity (Wildman–Crippen MR) is 83.6 cm³/mol. The van der Waals surface area contributed by atoms with Crippen LogP contribution in [0.2, 0.25) is 0 Å². The number of furan rings is 1. The zero-order valence-electron chi connectivity index (χ0n) is 13.3. The third-order valence-electron chi connectivity index (χ3n) is 4.40. The molecule has 0 bridgehead atoms. The van der Waals surface area contributed by atoms with E-state index in [1.165, 1.54) is 6.26 Å². The summed E-state index contributed by atoms with van der Waals surface area (Å²) in [6.07, 6.45) is 5.69. The van der Waals surface area contributed by atoms with E-state index in [1.807, 2.05) is 0 Å². The first-order valence-corrected chi connectivity index (χ1v) is 7.84. The van der Waals surface area contributed by atoms with E-state index in [1.54, 1.807) is 24.1 Å². The van der Waals surface area contributed by atoms with Gasteiger partial charge in [0.25, 0.3) is 11.8 Å². The third-order valence-corrected chi connectivity index (χ3v) is 4.40. The zero-order valence-corrected chi connectivity index (χ0v) is 13.3. The molecule has 0 spiro atoms. The summed E-state index contributed by atoms with van der Waals surface area (Å²) in [5.41, 5.74) is 0.149. The molecule has 2 N–H and O–H groups in total. The summed E-state index contributed by atoms with van der Waals surface area (Å²) >= 11 is 0. The van der Waals surface area contributed by atoms with Crippen molar-refractivity contribution in [1.82, 2.24) is 15.2 Å². The van der Waals surface area contributed by atoms with Gasteiger partial charge in [-0.2, -0.15) is 0 Å². The second-order valence-electron chi connectivity index (χ2n) is 5.93. The fourth-order valence-corrected chi connectivity index (χ4v) is 3.01. The molecule has 0 atom stereocenters. The minimum atomic E-state index is -0.643. The Morgan fingerprint density at radius 1 is 1.25 bits per heavy atom. The molecule has 1 aliphatic carbocycles. The summed E-state index contributed by atoms with van der Waals surface area (Å²) in [5, 5.41) is 2.95. The van der Waals surface area contributed by atoms with Gasteiger partial charge in [0.05, 0.1) is 6.26 Å². The largest absolute Gasteiger partial charge is 0.459 e. The van der Waals surface area contributed by atoms with Crippen molar-refractivity contribution in [2.24, 2.45) is 0 Å². The standard InChI is InChI=1S/C16H19N3O5/c1-19(15(21)12-9-24-16(22)18-12)11-6-4-10(5-7-11)17-14(20)13-3-2-8-23-13/h2-3,8-11H,4-7H2,1H3,(H,17,20)(H,18,22). The Balaban J connectivity index is 1.52. The first-order valence-electron chi connectivity index (χ1n) is 7.84. The Hall–Kier alpha value is -2.77. The monoisotopic (exact) mass is 333 g/mol. The van der Waals surface area contributed by atoms with Crippen LogP contribution in [0, 0.1) is 0 Å². The van der Waals surface area contributed by atoms with E-state index in [-0.39, 0.29) is 29.6 Å². The zero-order chi connectivity index (χ0) is 17.1. The molecule has 128 valence electrons. The maximum Gasteiger partial charge on any atom is 0.416 e. The maximum absolute atomic E-state index is 12.3. The van der Waals surface area contributed by atoms with E-state index >= 15 is 0 Å². The number of nitrogens with zero attached hydrogens (tertiary/aromatic N) is 1. The van der Waals surface area contributed by atoms with E-state index in [2.05, 4.69) is 14.7 Å². The van der Waals surface area contributed by atoms with Crippen LogP contribution < -0.4 is 11.1 Å². The van der Waals surface area contributed by atoms with Gasteiger partial charge in [0.15, 0.2) is 5.76 Å². The minimum absolute atomic E-state index is 0.0627. The smallest absolute Gasteiger partial charge is 0.416 e. The van der Waals surface area contributed by atoms with Gasteiger partial charge in [-0.3, -0.25) is 14.6 Å². The van der Waals surface area contributed by atoms with Gasteiger partial charge in [-0.1, -0.05) is 0 Å². The van der Waals surface area contributed by atoms with Gasteiger partial charge in [-0.15, -0.1) is 0 Å². The Kier molecular flexibility index (Phi) is 4.54. The van der Waals surface area contributed by atoms with Gasteiger partial charge >= 0.3 is 5.76 Å². The molecule has 2 aromatic heterocycles. The summed E-state index contributed by atoms with van der Waals surface area (Å²) in [6, 6.07) is 3.43. The summed E-state index contributed by atoms with van der Waals surface area (Å²) in [7, 11) is 1.71. The number of carbonyl (C=O) groups excluding carboxylic acids is 2. The summed E-state index contributed by atoms with van der Waals surface area (Å²) in [4.78, 5) is 39.2. The molecule has 24 heavy (non-hydrogen) atoms. The van der Waals surface area contributed by atoms with Gasteiger partial charge in [0.2, 0.25) is 0 Å². The minimum Gasteiger partial charge on any atom is -0.459 e. The van der Waals surface area contributed by atoms with E-state index in [0.29, 0.717) is 5.76 Å². The molecule has 1 aliphatic rings. The van der Waals surface area contributed by atoms with Crippen LogP contribution in [0.3, 0.4) is 0 Å². The molecule has 3 rings (SSSR count). The molecule has 0 aromatic carbocycles. The molecule has 2 aromatic rings. The SMILES string of the molecule is CN(C(=O)c1coc(=O)[nH]1)C1CCC(NC(=O)c2ccco2)CC1. The lowest BCUT2D eigenvalue weighted by Gasteiger charge is -2.34. The molecule has 0 aliphatic heterocycles. The van der Waals surface area contributed by atoms with E-state index in [0.717, 1.165) is 31.9 Å². The van der Waals surface area contributed by atoms with Crippen molar-refractivity contribution in [3.63, 3.8) is 0 Å². The van der Waals surface area contributed by atoms with Gasteiger partial charge in [-0.25, -0.2) is 4.79 Å². The van der Waals surface area contributed by atoms with Crippen molar-refractivity contribution in [3.8, 4) is 0 Å². The van der Waals surface area contributed by atoms with Crippen LogP contribution in [-0.4, -0.2) is 40.8 Å². The van der Waals surface area contributed by atoms with Crippen LogP contribution in [0.4, 0.5) is 0 Å². The number of H-pyrrole nitrogens is 1. The van der Waals surface area contributed by atoms with Crippen molar-refractivity contribution in [1.29, 1.82) is 0 Å². The number of hydrogen-bond acceptors (Lipinski definition) is 5. The molecular formula is C16H19N3O5. The third kappa shape index (κ3) is 3.42. The normalized spacial score (nSPS) is 20.5. The molecule has 1 saturated carbocycles. The molecule has 2 heterocycles. The number of carbonyl (C=O) groups is 2. The highest BCUT2D eigenvalue weighted by atomic mass is 16.4. The predicted octanol–water partition coefficient (Wildman–Crippen LogP) is 1.37. The van der Waals surface area contributed by atoms with Crippen molar-refractivity contribution in [3.05, 3.63) is 46.7 Å². The van der Waals surface area contributed by atoms with Gasteiger partial charge in [0.1, 0.15) is 12.0 Å². The average Bonchev–Trinajstić information content (AvgIpc) is 3.26. The van der Waals surface area contributed by atoms with Crippen LogP contribution in [-0.2, 0) is 0 Å². The molecular weight excluding hydrogens is 314 g/mol. The van der Waals surface area contributed by atoms with Gasteiger partial charge < -0.3 is 19.1 Å². The number of amides is 2. The molecule has 8 heteroatoms. The lowest BCUT2D eigenvalue weighted by atomic mass is 9.90. The van der Waals surface area contributed by atoms with Gasteiger partial charge in [-0.05, 0) is 37.8 Å². The topological polar surface area (TPSA) is 109 Å². The second-order valence-corrected chi connectivity index (χ2v) is 5.93. The number of aromatic nitrogens is 1. The summed E-state index contributed by atoms with van der Waals surface area (Å²) in [6.45, 7) is 0. The highest BCUT2D eigenvalue weighted by Gasteiger charge is 2.29. The molecule has 0 radical (unpaired) electrons. The highest BCUT2D eigenvalue weighted by Crippen LogP contribution is 2.23. The number of hydrogen-bond donors (Lipinski definition) is 2. The Labute approximate surface area is 137 Å². The van der Waals surface area contributed by atoms with Crippen LogP contribution in [0.5, 0.6) is 0 Å². The fourth-order valence-electron chi connectivity index (χ4n) is 3.01. The van der Waals surface area contributed by atoms with Crippen LogP contribution in [0.25, 0.3) is 0 Å². The first kappa shape index (κ1) is 16.1. The van der Waals surface area contributed by atoms with E-state index in [4.69, 9.17) is 4.42 Å². The quantitative estimate of drug-likeness (QED) is 0.878. The lowest BCUT2D eigenvalue weighted by molar-refractivity contribution is 0.0668. The fraction of sp³-hybridized carbons (Fsp3) is 0.438. The Morgan fingerprint density at radius 2 is 2.00 bits per heavy atom. The Morgan fingerprint density at radius 3 is 2.58 bits per heavy atom. The van der Waals surface area contributed by atoms with Crippen LogP contribution in [0.15, 0.2) is 38.3 Å². The Bertz CT molecular complexity index is 753. The number of nitrogens with one attached hydrogen (secondary N) is 2. The number of oxazole rings is 1. The van der Waals surface area contributed by atoms with E-state index < -0.39 is 5.76 Å². The van der Waals surface area contributed by atoms with Crippen LogP contribution >= 0.6 is 0 Å². The highest BCUT2D eigenvalue weighted by molar-refractivity contribution is 5.92. The van der Waals surface area contributed by atoms with Crippen molar-refractivity contribution in [2.75, 3.05) is 7.05 Å². The lowest BCUT2D eigenvalue weighted by Crippen LogP contribution is -2.44. The number of rotatable bonds is 4. The maximum atomic E-state index is 12.3. The number of aromatic amines is 1. The molecule has 8 nitrogen and oxygen atoms in total. The molecule has 2 amide bonds. The van der Waals surface area contributed by atoms with Crippen molar-refractivity contribution >= 4 is 11.8 Å². The molecule has 0 unspecified atom stereocenters. The molecule has 0 saturated heterocycles. The summed E-state index contributed by atoms with van der Waals surface area (Å²) < 4.78 is 9.68.